The van der Waals surface area contributed by atoms with Crippen LogP contribution >= 0.6 is 0 Å². The molecule has 1 aromatic rings. The Balaban J connectivity index is 1.62. The largest absolute Gasteiger partial charge is 0.507 e. The Morgan fingerprint density at radius 1 is 1.29 bits per heavy atom. The fraction of sp³-hybridized carbons (Fsp3) is 0.600. The number of phenolic OH excluding ortho intramolecular Hbond substituents is 1. The van der Waals surface area contributed by atoms with Crippen molar-refractivity contribution in [1.82, 2.24) is 4.90 Å². The third-order valence-corrected chi connectivity index (χ3v) is 5.81. The quantitative estimate of drug-likeness (QED) is 0.605. The van der Waals surface area contributed by atoms with E-state index in [1.54, 1.807) is 12.1 Å². The zero-order chi connectivity index (χ0) is 20.5. The first-order valence-corrected chi connectivity index (χ1v) is 9.52. The van der Waals surface area contributed by atoms with Crippen LogP contribution in [0.15, 0.2) is 24.3 Å². The summed E-state index contributed by atoms with van der Waals surface area (Å²) >= 11 is 0. The summed E-state index contributed by atoms with van der Waals surface area (Å²) in [6.45, 7) is 4.20. The number of nitrogens with zero attached hydrogens (tertiary/aromatic N) is 1. The fourth-order valence-corrected chi connectivity index (χ4v) is 3.87. The first-order valence-electron chi connectivity index (χ1n) is 9.52. The molecule has 0 aromatic heterocycles. The van der Waals surface area contributed by atoms with E-state index >= 15 is 0 Å². The smallest absolute Gasteiger partial charge is 0.342 e. The van der Waals surface area contributed by atoms with Gasteiger partial charge < -0.3 is 24.8 Å². The lowest BCUT2D eigenvalue weighted by atomic mass is 9.96. The van der Waals surface area contributed by atoms with E-state index in [-0.39, 0.29) is 36.0 Å². The van der Waals surface area contributed by atoms with Gasteiger partial charge in [0, 0.05) is 12.5 Å². The molecule has 8 heteroatoms. The Hall–Kier alpha value is -2.16. The maximum absolute atomic E-state index is 12.4. The molecule has 154 valence electrons. The van der Waals surface area contributed by atoms with Crippen LogP contribution in [-0.2, 0) is 14.3 Å². The van der Waals surface area contributed by atoms with Crippen LogP contribution < -0.4 is 0 Å². The van der Waals surface area contributed by atoms with Crippen molar-refractivity contribution in [3.63, 3.8) is 0 Å². The van der Waals surface area contributed by atoms with Crippen LogP contribution in [0.3, 0.4) is 0 Å². The number of hydrogen-bond donors (Lipinski definition) is 3. The minimum absolute atomic E-state index is 0.0431. The lowest BCUT2D eigenvalue weighted by molar-refractivity contribution is -0.175. The highest BCUT2D eigenvalue weighted by Gasteiger charge is 2.47. The molecule has 3 N–H and O–H groups in total. The SMILES string of the molecule is C[C@@H](O)[C@@](C)(O)C(=O)OC[C@@H]1CCN2CC[C@@H](OC(=O)c3ccccc3O)[C@@H]12. The number of carbonyl (C=O) groups excluding carboxylic acids is 2. The molecule has 5 atom stereocenters. The summed E-state index contributed by atoms with van der Waals surface area (Å²) in [6, 6.07) is 6.15. The van der Waals surface area contributed by atoms with Gasteiger partial charge in [-0.05, 0) is 45.4 Å². The summed E-state index contributed by atoms with van der Waals surface area (Å²) in [7, 11) is 0. The molecular formula is C20H27NO7. The van der Waals surface area contributed by atoms with E-state index in [1.165, 1.54) is 26.0 Å². The normalized spacial score (nSPS) is 27.6. The standard InChI is InChI=1S/C20H27NO7/c1-12(22)20(2,26)19(25)27-11-13-7-9-21-10-8-16(17(13)21)28-18(24)14-5-3-4-6-15(14)23/h3-6,12-13,16-17,22-23,26H,7-11H2,1-2H3/t12-,13+,16-,17-,20-/m1/s1. The molecule has 2 saturated heterocycles. The van der Waals surface area contributed by atoms with Gasteiger partial charge in [0.2, 0.25) is 0 Å². The van der Waals surface area contributed by atoms with Gasteiger partial charge in [-0.3, -0.25) is 4.90 Å². The Morgan fingerprint density at radius 2 is 1.96 bits per heavy atom. The predicted molar refractivity (Wildman–Crippen MR) is 98.7 cm³/mol. The van der Waals surface area contributed by atoms with Gasteiger partial charge in [0.1, 0.15) is 17.4 Å². The molecule has 3 rings (SSSR count). The monoisotopic (exact) mass is 393 g/mol. The molecule has 0 aliphatic carbocycles. The van der Waals surface area contributed by atoms with Crippen molar-refractivity contribution in [3.8, 4) is 5.75 Å². The Bertz CT molecular complexity index is 733. The highest BCUT2D eigenvalue weighted by Crippen LogP contribution is 2.36. The number of aromatic hydroxyl groups is 1. The van der Waals surface area contributed by atoms with E-state index in [1.807, 2.05) is 0 Å². The molecule has 0 saturated carbocycles. The van der Waals surface area contributed by atoms with E-state index in [2.05, 4.69) is 4.90 Å². The van der Waals surface area contributed by atoms with Gasteiger partial charge >= 0.3 is 11.9 Å². The highest BCUT2D eigenvalue weighted by atomic mass is 16.6. The number of rotatable bonds is 6. The molecule has 0 unspecified atom stereocenters. The fourth-order valence-electron chi connectivity index (χ4n) is 3.87. The molecule has 2 heterocycles. The number of aliphatic hydroxyl groups is 2. The number of hydrogen-bond acceptors (Lipinski definition) is 8. The van der Waals surface area contributed by atoms with Crippen LogP contribution in [-0.4, -0.2) is 75.7 Å². The average molecular weight is 393 g/mol. The Kier molecular flexibility index (Phi) is 5.92. The molecule has 0 radical (unpaired) electrons. The van der Waals surface area contributed by atoms with Crippen molar-refractivity contribution in [2.45, 2.75) is 50.5 Å². The van der Waals surface area contributed by atoms with Crippen molar-refractivity contribution < 1.29 is 34.4 Å². The van der Waals surface area contributed by atoms with E-state index in [9.17, 15) is 24.9 Å². The third-order valence-electron chi connectivity index (χ3n) is 5.81. The van der Waals surface area contributed by atoms with E-state index in [0.717, 1.165) is 19.5 Å². The second kappa shape index (κ2) is 8.06. The number of phenols is 1. The summed E-state index contributed by atoms with van der Waals surface area (Å²) in [5, 5.41) is 29.4. The molecule has 0 amide bonds. The maximum atomic E-state index is 12.4. The lowest BCUT2D eigenvalue weighted by Gasteiger charge is -2.28. The van der Waals surface area contributed by atoms with Crippen LogP contribution in [0.25, 0.3) is 0 Å². The Labute approximate surface area is 163 Å². The number of para-hydroxylation sites is 1. The number of aliphatic hydroxyl groups excluding tert-OH is 1. The van der Waals surface area contributed by atoms with Gasteiger partial charge in [0.05, 0.1) is 18.8 Å². The number of ether oxygens (including phenoxy) is 2. The molecule has 8 nitrogen and oxygen atoms in total. The van der Waals surface area contributed by atoms with E-state index in [4.69, 9.17) is 9.47 Å². The first-order chi connectivity index (χ1) is 13.2. The van der Waals surface area contributed by atoms with Crippen molar-refractivity contribution in [2.24, 2.45) is 5.92 Å². The van der Waals surface area contributed by atoms with E-state index < -0.39 is 23.6 Å². The molecule has 0 spiro atoms. The summed E-state index contributed by atoms with van der Waals surface area (Å²) in [5.41, 5.74) is -1.85. The third kappa shape index (κ3) is 3.99. The number of benzene rings is 1. The van der Waals surface area contributed by atoms with Gasteiger partial charge in [-0.1, -0.05) is 12.1 Å². The topological polar surface area (TPSA) is 117 Å². The summed E-state index contributed by atoms with van der Waals surface area (Å²) in [6.07, 6.45) is -0.173. The maximum Gasteiger partial charge on any atom is 0.342 e. The Morgan fingerprint density at radius 3 is 2.64 bits per heavy atom. The molecular weight excluding hydrogens is 366 g/mol. The number of esters is 2. The van der Waals surface area contributed by atoms with Crippen LogP contribution in [0.2, 0.25) is 0 Å². The van der Waals surface area contributed by atoms with Gasteiger partial charge in [0.15, 0.2) is 5.60 Å². The minimum Gasteiger partial charge on any atom is -0.507 e. The van der Waals surface area contributed by atoms with Crippen LogP contribution in [0.1, 0.15) is 37.0 Å². The van der Waals surface area contributed by atoms with Gasteiger partial charge in [-0.2, -0.15) is 0 Å². The van der Waals surface area contributed by atoms with Crippen molar-refractivity contribution >= 4 is 11.9 Å². The van der Waals surface area contributed by atoms with Crippen LogP contribution in [0, 0.1) is 5.92 Å². The van der Waals surface area contributed by atoms with Crippen molar-refractivity contribution in [2.75, 3.05) is 19.7 Å². The molecule has 2 aliphatic rings. The average Bonchev–Trinajstić information content (AvgIpc) is 3.23. The van der Waals surface area contributed by atoms with Gasteiger partial charge in [-0.25, -0.2) is 9.59 Å². The van der Waals surface area contributed by atoms with Gasteiger partial charge in [0.25, 0.3) is 0 Å². The second-order valence-electron chi connectivity index (χ2n) is 7.75. The highest BCUT2D eigenvalue weighted by molar-refractivity contribution is 5.92. The molecule has 28 heavy (non-hydrogen) atoms. The minimum atomic E-state index is -1.97. The molecule has 2 fully saturated rings. The van der Waals surface area contributed by atoms with Gasteiger partial charge in [-0.15, -0.1) is 0 Å². The first kappa shape index (κ1) is 20.6. The zero-order valence-corrected chi connectivity index (χ0v) is 16.1. The van der Waals surface area contributed by atoms with E-state index in [0.29, 0.717) is 6.42 Å². The van der Waals surface area contributed by atoms with Crippen LogP contribution in [0.4, 0.5) is 0 Å². The van der Waals surface area contributed by atoms with Crippen molar-refractivity contribution in [1.29, 1.82) is 0 Å². The summed E-state index contributed by atoms with van der Waals surface area (Å²) in [4.78, 5) is 26.7. The lowest BCUT2D eigenvalue weighted by Crippen LogP contribution is -2.47. The molecule has 1 aromatic carbocycles. The predicted octanol–water partition coefficient (Wildman–Crippen LogP) is 0.687. The molecule has 0 bridgehead atoms. The van der Waals surface area contributed by atoms with Crippen molar-refractivity contribution in [3.05, 3.63) is 29.8 Å². The molecule has 2 aliphatic heterocycles. The summed E-state index contributed by atoms with van der Waals surface area (Å²) in [5.74, 6) is -1.62. The number of carbonyl (C=O) groups is 2. The number of fused-ring (bicyclic) bond motifs is 1. The van der Waals surface area contributed by atoms with Crippen LogP contribution in [0.5, 0.6) is 5.75 Å². The second-order valence-corrected chi connectivity index (χ2v) is 7.75. The summed E-state index contributed by atoms with van der Waals surface area (Å²) < 4.78 is 10.9. The zero-order valence-electron chi connectivity index (χ0n) is 16.1.